The van der Waals surface area contributed by atoms with Crippen molar-refractivity contribution < 1.29 is 19.0 Å². The van der Waals surface area contributed by atoms with Gasteiger partial charge in [0.25, 0.3) is 0 Å². The van der Waals surface area contributed by atoms with Gasteiger partial charge in [-0.2, -0.15) is 0 Å². The van der Waals surface area contributed by atoms with Crippen LogP contribution in [0.15, 0.2) is 18.2 Å². The fourth-order valence-corrected chi connectivity index (χ4v) is 3.22. The number of esters is 1. The third kappa shape index (κ3) is 3.90. The van der Waals surface area contributed by atoms with Crippen molar-refractivity contribution in [1.82, 2.24) is 4.90 Å². The first-order chi connectivity index (χ1) is 11.7. The summed E-state index contributed by atoms with van der Waals surface area (Å²) in [6.45, 7) is 4.79. The second-order valence-electron chi connectivity index (χ2n) is 5.83. The van der Waals surface area contributed by atoms with Crippen LogP contribution >= 0.6 is 12.2 Å². The maximum atomic E-state index is 11.9. The average Bonchev–Trinajstić information content (AvgIpc) is 2.62. The van der Waals surface area contributed by atoms with Crippen LogP contribution in [0.2, 0.25) is 0 Å². The van der Waals surface area contributed by atoms with Crippen LogP contribution in [-0.2, 0) is 9.53 Å². The number of benzene rings is 1. The molecule has 1 aromatic carbocycles. The Bertz CT molecular complexity index is 623. The molecule has 6 nitrogen and oxygen atoms in total. The van der Waals surface area contributed by atoms with Crippen LogP contribution in [-0.4, -0.2) is 48.9 Å². The van der Waals surface area contributed by atoms with Gasteiger partial charge in [-0.05, 0) is 44.1 Å². The highest BCUT2D eigenvalue weighted by atomic mass is 32.1. The number of nitrogens with one attached hydrogen (secondary N) is 1. The predicted octanol–water partition coefficient (Wildman–Crippen LogP) is 2.43. The van der Waals surface area contributed by atoms with Crippen LogP contribution in [0.4, 0.5) is 5.69 Å². The number of carbonyl (C=O) groups is 1. The molecule has 24 heavy (non-hydrogen) atoms. The number of likely N-dealkylation sites (tertiary alicyclic amines) is 1. The minimum atomic E-state index is -0.135. The van der Waals surface area contributed by atoms with Gasteiger partial charge >= 0.3 is 5.97 Å². The summed E-state index contributed by atoms with van der Waals surface area (Å²) in [4.78, 5) is 14.0. The molecule has 7 heteroatoms. The molecule has 130 valence electrons. The average molecular weight is 350 g/mol. The normalized spacial score (nSPS) is 19.5. The molecule has 0 amide bonds. The molecule has 0 bridgehead atoms. The molecule has 1 N–H and O–H groups in total. The van der Waals surface area contributed by atoms with Gasteiger partial charge in [0.05, 0.1) is 12.5 Å². The van der Waals surface area contributed by atoms with Gasteiger partial charge in [0.1, 0.15) is 13.2 Å². The van der Waals surface area contributed by atoms with Gasteiger partial charge in [0, 0.05) is 24.8 Å². The van der Waals surface area contributed by atoms with E-state index >= 15 is 0 Å². The molecule has 1 unspecified atom stereocenters. The first kappa shape index (κ1) is 16.8. The van der Waals surface area contributed by atoms with Crippen LogP contribution in [0, 0.1) is 5.92 Å². The lowest BCUT2D eigenvalue weighted by molar-refractivity contribution is -0.149. The highest BCUT2D eigenvalue weighted by molar-refractivity contribution is 7.80. The zero-order valence-electron chi connectivity index (χ0n) is 13.7. The first-order valence-electron chi connectivity index (χ1n) is 8.29. The third-order valence-electron chi connectivity index (χ3n) is 4.12. The van der Waals surface area contributed by atoms with E-state index in [0.29, 0.717) is 31.5 Å². The molecule has 2 aliphatic rings. The van der Waals surface area contributed by atoms with Crippen molar-refractivity contribution in [2.24, 2.45) is 5.92 Å². The third-order valence-corrected chi connectivity index (χ3v) is 4.48. The SMILES string of the molecule is CCOC(=O)C1CCCN(C(=S)Nc2ccc3c(c2)OCCO3)C1. The number of fused-ring (bicyclic) bond motifs is 1. The summed E-state index contributed by atoms with van der Waals surface area (Å²) in [6.07, 6.45) is 1.77. The zero-order valence-corrected chi connectivity index (χ0v) is 14.6. The molecule has 0 aromatic heterocycles. The lowest BCUT2D eigenvalue weighted by Gasteiger charge is -2.33. The zero-order chi connectivity index (χ0) is 16.9. The summed E-state index contributed by atoms with van der Waals surface area (Å²) in [7, 11) is 0. The summed E-state index contributed by atoms with van der Waals surface area (Å²) < 4.78 is 16.2. The summed E-state index contributed by atoms with van der Waals surface area (Å²) in [5.41, 5.74) is 0.850. The Hall–Kier alpha value is -2.02. The maximum Gasteiger partial charge on any atom is 0.310 e. The monoisotopic (exact) mass is 350 g/mol. The van der Waals surface area contributed by atoms with E-state index < -0.39 is 0 Å². The Kier molecular flexibility index (Phi) is 5.40. The van der Waals surface area contributed by atoms with Crippen molar-refractivity contribution >= 4 is 29.0 Å². The second-order valence-corrected chi connectivity index (χ2v) is 6.21. The Balaban J connectivity index is 1.61. The molecule has 3 rings (SSSR count). The molecule has 2 heterocycles. The van der Waals surface area contributed by atoms with Crippen LogP contribution in [0.3, 0.4) is 0 Å². The van der Waals surface area contributed by atoms with Crippen molar-refractivity contribution in [3.8, 4) is 11.5 Å². The number of carbonyl (C=O) groups excluding carboxylic acids is 1. The smallest absolute Gasteiger partial charge is 0.310 e. The Morgan fingerprint density at radius 2 is 2.17 bits per heavy atom. The Labute approximate surface area is 147 Å². The molecular formula is C17H22N2O4S. The lowest BCUT2D eigenvalue weighted by atomic mass is 9.98. The number of rotatable bonds is 3. The van der Waals surface area contributed by atoms with Gasteiger partial charge in [0.2, 0.25) is 0 Å². The number of piperidine rings is 1. The number of anilines is 1. The molecular weight excluding hydrogens is 328 g/mol. The highest BCUT2D eigenvalue weighted by Crippen LogP contribution is 2.32. The van der Waals surface area contributed by atoms with Crippen molar-refractivity contribution in [2.75, 3.05) is 38.2 Å². The standard InChI is InChI=1S/C17H22N2O4S/c1-2-21-16(20)12-4-3-7-19(11-12)17(24)18-13-5-6-14-15(10-13)23-9-8-22-14/h5-6,10,12H,2-4,7-9,11H2,1H3,(H,18,24). The Morgan fingerprint density at radius 3 is 2.96 bits per heavy atom. The summed E-state index contributed by atoms with van der Waals surface area (Å²) >= 11 is 5.51. The fraction of sp³-hybridized carbons (Fsp3) is 0.529. The first-order valence-corrected chi connectivity index (χ1v) is 8.70. The maximum absolute atomic E-state index is 11.9. The van der Waals surface area contributed by atoms with Gasteiger partial charge < -0.3 is 24.4 Å². The van der Waals surface area contributed by atoms with Crippen molar-refractivity contribution in [3.05, 3.63) is 18.2 Å². The topological polar surface area (TPSA) is 60.0 Å². The van der Waals surface area contributed by atoms with E-state index in [9.17, 15) is 4.79 Å². The van der Waals surface area contributed by atoms with Gasteiger partial charge in [-0.25, -0.2) is 0 Å². The number of thiocarbonyl (C=S) groups is 1. The van der Waals surface area contributed by atoms with E-state index in [1.165, 1.54) is 0 Å². The van der Waals surface area contributed by atoms with Crippen molar-refractivity contribution in [3.63, 3.8) is 0 Å². The molecule has 0 saturated carbocycles. The largest absolute Gasteiger partial charge is 0.486 e. The van der Waals surface area contributed by atoms with Gasteiger partial charge in [-0.1, -0.05) is 0 Å². The lowest BCUT2D eigenvalue weighted by Crippen LogP contribution is -2.44. The number of hydrogen-bond donors (Lipinski definition) is 1. The van der Waals surface area contributed by atoms with E-state index in [1.54, 1.807) is 0 Å². The van der Waals surface area contributed by atoms with E-state index in [-0.39, 0.29) is 11.9 Å². The quantitative estimate of drug-likeness (QED) is 0.663. The molecule has 1 atom stereocenters. The summed E-state index contributed by atoms with van der Waals surface area (Å²) in [5, 5.41) is 3.83. The number of ether oxygens (including phenoxy) is 3. The molecule has 1 fully saturated rings. The fourth-order valence-electron chi connectivity index (χ4n) is 2.94. The van der Waals surface area contributed by atoms with Gasteiger partial charge in [-0.15, -0.1) is 0 Å². The summed E-state index contributed by atoms with van der Waals surface area (Å²) in [6, 6.07) is 5.66. The van der Waals surface area contributed by atoms with Crippen molar-refractivity contribution in [2.45, 2.75) is 19.8 Å². The molecule has 0 aliphatic carbocycles. The molecule has 0 spiro atoms. The minimum absolute atomic E-state index is 0.112. The molecule has 1 saturated heterocycles. The number of hydrogen-bond acceptors (Lipinski definition) is 5. The van der Waals surface area contributed by atoms with Crippen LogP contribution in [0.1, 0.15) is 19.8 Å². The van der Waals surface area contributed by atoms with E-state index in [4.69, 9.17) is 26.4 Å². The van der Waals surface area contributed by atoms with E-state index in [1.807, 2.05) is 30.0 Å². The molecule has 0 radical (unpaired) electrons. The molecule has 1 aromatic rings. The van der Waals surface area contributed by atoms with E-state index in [0.717, 1.165) is 36.6 Å². The minimum Gasteiger partial charge on any atom is -0.486 e. The van der Waals surface area contributed by atoms with Crippen LogP contribution in [0.5, 0.6) is 11.5 Å². The summed E-state index contributed by atoms with van der Waals surface area (Å²) in [5.74, 6) is 1.22. The Morgan fingerprint density at radius 1 is 1.38 bits per heavy atom. The highest BCUT2D eigenvalue weighted by Gasteiger charge is 2.28. The predicted molar refractivity (Wildman–Crippen MR) is 94.6 cm³/mol. The number of nitrogens with zero attached hydrogens (tertiary/aromatic N) is 1. The second kappa shape index (κ2) is 7.70. The van der Waals surface area contributed by atoms with Gasteiger partial charge in [-0.3, -0.25) is 4.79 Å². The van der Waals surface area contributed by atoms with Crippen LogP contribution in [0.25, 0.3) is 0 Å². The van der Waals surface area contributed by atoms with Crippen LogP contribution < -0.4 is 14.8 Å². The van der Waals surface area contributed by atoms with E-state index in [2.05, 4.69) is 5.32 Å². The van der Waals surface area contributed by atoms with Crippen molar-refractivity contribution in [1.29, 1.82) is 0 Å². The molecule has 2 aliphatic heterocycles. The van der Waals surface area contributed by atoms with Gasteiger partial charge in [0.15, 0.2) is 16.6 Å².